The highest BCUT2D eigenvalue weighted by Gasteiger charge is 2.30. The number of thiazole rings is 1. The van der Waals surface area contributed by atoms with Crippen molar-refractivity contribution in [2.45, 2.75) is 77.2 Å². The molecule has 0 radical (unpaired) electrons. The fourth-order valence-corrected chi connectivity index (χ4v) is 6.56. The van der Waals surface area contributed by atoms with Crippen molar-refractivity contribution in [2.75, 3.05) is 59.4 Å². The van der Waals surface area contributed by atoms with E-state index in [9.17, 15) is 24.3 Å². The van der Waals surface area contributed by atoms with Gasteiger partial charge in [-0.15, -0.1) is 11.3 Å². The molecule has 0 aliphatic rings. The monoisotopic (exact) mass is 812 g/mol. The van der Waals surface area contributed by atoms with Crippen LogP contribution < -0.4 is 16.4 Å². The number of alkyl carbamates (subject to hydrolysis) is 1. The molecule has 5 N–H and O–H groups in total. The van der Waals surface area contributed by atoms with Crippen molar-refractivity contribution in [3.63, 3.8) is 0 Å². The van der Waals surface area contributed by atoms with Gasteiger partial charge < -0.3 is 45.2 Å². The normalized spacial score (nSPS) is 13.4. The number of carbonyl (C=O) groups excluding carboxylic acids is 4. The van der Waals surface area contributed by atoms with Gasteiger partial charge in [-0.3, -0.25) is 19.4 Å². The molecular weight excluding hydrogens is 753 g/mol. The lowest BCUT2D eigenvalue weighted by Crippen LogP contribution is -2.47. The van der Waals surface area contributed by atoms with Crippen LogP contribution in [0.15, 0.2) is 72.4 Å². The minimum atomic E-state index is -1.02. The van der Waals surface area contributed by atoms with Crippen molar-refractivity contribution in [1.29, 1.82) is 0 Å². The molecule has 0 bridgehead atoms. The highest BCUT2D eigenvalue weighted by molar-refractivity contribution is 7.09. The SMILES string of the molecule is CC(C)[C@H](NC(=O)COCCOCCCC(=O)COCCOCCN)C(=O)C[C@@H](Cc1ccccc1)C[C@H](O)[C@H](Cc1ccccc1)NC(=O)OCc1cncs1. The van der Waals surface area contributed by atoms with Crippen molar-refractivity contribution in [3.8, 4) is 0 Å². The Morgan fingerprint density at radius 2 is 1.44 bits per heavy atom. The van der Waals surface area contributed by atoms with Gasteiger partial charge in [0.25, 0.3) is 0 Å². The van der Waals surface area contributed by atoms with Gasteiger partial charge in [-0.05, 0) is 48.6 Å². The average Bonchev–Trinajstić information content (AvgIpc) is 3.73. The number of nitrogens with one attached hydrogen (secondary N) is 2. The number of carbonyl (C=O) groups is 4. The van der Waals surface area contributed by atoms with E-state index >= 15 is 0 Å². The van der Waals surface area contributed by atoms with Crippen LogP contribution in [0.3, 0.4) is 0 Å². The van der Waals surface area contributed by atoms with Crippen molar-refractivity contribution in [3.05, 3.63) is 88.4 Å². The number of amides is 2. The molecule has 3 rings (SSSR count). The van der Waals surface area contributed by atoms with E-state index in [4.69, 9.17) is 29.4 Å². The third-order valence-electron chi connectivity index (χ3n) is 8.90. The quantitative estimate of drug-likeness (QED) is 0.0681. The van der Waals surface area contributed by atoms with E-state index in [0.29, 0.717) is 58.7 Å². The van der Waals surface area contributed by atoms with Gasteiger partial charge in [-0.25, -0.2) is 4.79 Å². The highest BCUT2D eigenvalue weighted by atomic mass is 32.1. The Kier molecular flexibility index (Phi) is 23.5. The lowest BCUT2D eigenvalue weighted by molar-refractivity contribution is -0.132. The molecular formula is C42H60N4O10S. The number of Topliss-reactive ketones (excluding diaryl/α,β-unsaturated/α-hetero) is 2. The van der Waals surface area contributed by atoms with Gasteiger partial charge in [0.05, 0.1) is 61.6 Å². The number of hydrogen-bond acceptors (Lipinski definition) is 13. The summed E-state index contributed by atoms with van der Waals surface area (Å²) < 4.78 is 26.9. The molecule has 3 aromatic rings. The molecule has 2 aromatic carbocycles. The van der Waals surface area contributed by atoms with Gasteiger partial charge in [0.15, 0.2) is 11.6 Å². The van der Waals surface area contributed by atoms with Crippen LogP contribution in [-0.2, 0) is 57.5 Å². The molecule has 0 fully saturated rings. The number of ketones is 2. The van der Waals surface area contributed by atoms with Crippen molar-refractivity contribution in [1.82, 2.24) is 15.6 Å². The van der Waals surface area contributed by atoms with E-state index in [1.54, 1.807) is 11.7 Å². The zero-order valence-electron chi connectivity index (χ0n) is 33.2. The summed E-state index contributed by atoms with van der Waals surface area (Å²) >= 11 is 1.38. The molecule has 0 saturated carbocycles. The molecule has 0 saturated heterocycles. The third-order valence-corrected chi connectivity index (χ3v) is 9.66. The van der Waals surface area contributed by atoms with Gasteiger partial charge in [-0.2, -0.15) is 0 Å². The molecule has 15 heteroatoms. The Morgan fingerprint density at radius 3 is 2.07 bits per heavy atom. The second-order valence-electron chi connectivity index (χ2n) is 14.1. The highest BCUT2D eigenvalue weighted by Crippen LogP contribution is 2.23. The zero-order chi connectivity index (χ0) is 41.1. The first-order chi connectivity index (χ1) is 27.6. The molecule has 1 aromatic heterocycles. The van der Waals surface area contributed by atoms with Crippen LogP contribution in [0, 0.1) is 11.8 Å². The summed E-state index contributed by atoms with van der Waals surface area (Å²) in [6.07, 6.45) is 1.98. The topological polar surface area (TPSA) is 198 Å². The number of rotatable bonds is 31. The standard InChI is InChI=1S/C42H60N4O10S/c1-31(2)41(46-40(50)29-55-21-18-52-16-9-14-35(47)27-54-20-19-53-17-15-43)39(49)25-34(22-32-10-5-3-6-11-32)24-38(48)37(23-33-12-7-4-8-13-33)45-42(51)56-28-36-26-44-30-57-36/h3-8,10-13,26,30-31,34,37-38,41,48H,9,14-25,27-29,43H2,1-2H3,(H,45,51)(H,46,50)/t34-,37-,38-,41-/m0/s1. The Balaban J connectivity index is 1.50. The van der Waals surface area contributed by atoms with Crippen LogP contribution in [0.5, 0.6) is 0 Å². The molecule has 57 heavy (non-hydrogen) atoms. The van der Waals surface area contributed by atoms with Crippen LogP contribution in [0.4, 0.5) is 4.79 Å². The van der Waals surface area contributed by atoms with Crippen LogP contribution in [0.1, 0.15) is 55.5 Å². The molecule has 14 nitrogen and oxygen atoms in total. The molecule has 0 aliphatic heterocycles. The Labute approximate surface area is 340 Å². The van der Waals surface area contributed by atoms with E-state index in [0.717, 1.165) is 16.0 Å². The number of aromatic nitrogens is 1. The van der Waals surface area contributed by atoms with E-state index in [-0.39, 0.29) is 69.3 Å². The van der Waals surface area contributed by atoms with Gasteiger partial charge in [-0.1, -0.05) is 74.5 Å². The summed E-state index contributed by atoms with van der Waals surface area (Å²) in [6.45, 7) is 5.98. The summed E-state index contributed by atoms with van der Waals surface area (Å²) in [7, 11) is 0. The van der Waals surface area contributed by atoms with Gasteiger partial charge in [0.1, 0.15) is 19.8 Å². The lowest BCUT2D eigenvalue weighted by atomic mass is 9.84. The van der Waals surface area contributed by atoms with E-state index < -0.39 is 30.2 Å². The largest absolute Gasteiger partial charge is 0.444 e. The first-order valence-electron chi connectivity index (χ1n) is 19.6. The first-order valence-corrected chi connectivity index (χ1v) is 20.4. The van der Waals surface area contributed by atoms with Gasteiger partial charge in [0.2, 0.25) is 5.91 Å². The second kappa shape index (κ2) is 28.3. The average molecular weight is 813 g/mol. The number of aliphatic hydroxyl groups excluding tert-OH is 1. The van der Waals surface area contributed by atoms with Crippen molar-refractivity contribution >= 4 is 34.9 Å². The number of benzene rings is 2. The summed E-state index contributed by atoms with van der Waals surface area (Å²) in [5, 5.41) is 17.4. The Hall–Kier alpha value is -4.09. The summed E-state index contributed by atoms with van der Waals surface area (Å²) in [4.78, 5) is 56.4. The molecule has 4 atom stereocenters. The number of aliphatic hydroxyl groups is 1. The molecule has 0 unspecified atom stereocenters. The van der Waals surface area contributed by atoms with Crippen LogP contribution >= 0.6 is 11.3 Å². The maximum absolute atomic E-state index is 13.9. The fourth-order valence-electron chi connectivity index (χ4n) is 6.05. The molecule has 1 heterocycles. The Bertz CT molecular complexity index is 1550. The maximum atomic E-state index is 13.9. The molecule has 314 valence electrons. The Morgan fingerprint density at radius 1 is 0.807 bits per heavy atom. The minimum absolute atomic E-state index is 0.0210. The number of nitrogens with two attached hydrogens (primary N) is 1. The lowest BCUT2D eigenvalue weighted by Gasteiger charge is -2.29. The molecule has 0 spiro atoms. The van der Waals surface area contributed by atoms with E-state index in [2.05, 4.69) is 15.6 Å². The van der Waals surface area contributed by atoms with Gasteiger partial charge in [0, 0.05) is 32.2 Å². The summed E-state index contributed by atoms with van der Waals surface area (Å²) in [6, 6.07) is 17.8. The van der Waals surface area contributed by atoms with E-state index in [1.165, 1.54) is 11.3 Å². The summed E-state index contributed by atoms with van der Waals surface area (Å²) in [5.74, 6) is -1.12. The van der Waals surface area contributed by atoms with Crippen molar-refractivity contribution in [2.24, 2.45) is 17.6 Å². The second-order valence-corrected chi connectivity index (χ2v) is 15.0. The fraction of sp³-hybridized carbons (Fsp3) is 0.548. The predicted octanol–water partition coefficient (Wildman–Crippen LogP) is 4.06. The molecule has 0 aliphatic carbocycles. The smallest absolute Gasteiger partial charge is 0.407 e. The van der Waals surface area contributed by atoms with Crippen LogP contribution in [-0.4, -0.2) is 111 Å². The number of nitrogens with zero attached hydrogens (tertiary/aromatic N) is 1. The zero-order valence-corrected chi connectivity index (χ0v) is 34.0. The third kappa shape index (κ3) is 20.8. The van der Waals surface area contributed by atoms with Crippen LogP contribution in [0.25, 0.3) is 0 Å². The van der Waals surface area contributed by atoms with Crippen LogP contribution in [0.2, 0.25) is 0 Å². The maximum Gasteiger partial charge on any atom is 0.407 e. The summed E-state index contributed by atoms with van der Waals surface area (Å²) in [5.41, 5.74) is 8.93. The molecule has 2 amide bonds. The van der Waals surface area contributed by atoms with Gasteiger partial charge >= 0.3 is 6.09 Å². The number of ether oxygens (including phenoxy) is 5. The first kappa shape index (κ1) is 47.3. The minimum Gasteiger partial charge on any atom is -0.444 e. The van der Waals surface area contributed by atoms with Crippen molar-refractivity contribution < 1.29 is 48.0 Å². The number of hydrogen-bond donors (Lipinski definition) is 4. The predicted molar refractivity (Wildman–Crippen MR) is 217 cm³/mol. The van der Waals surface area contributed by atoms with E-state index in [1.807, 2.05) is 74.5 Å².